The van der Waals surface area contributed by atoms with Crippen molar-refractivity contribution < 1.29 is 4.74 Å². The van der Waals surface area contributed by atoms with Crippen LogP contribution in [0.25, 0.3) is 0 Å². The Labute approximate surface area is 120 Å². The summed E-state index contributed by atoms with van der Waals surface area (Å²) in [5.41, 5.74) is 7.30. The van der Waals surface area contributed by atoms with E-state index in [0.717, 1.165) is 31.0 Å². The molecular weight excluding hydrogens is 260 g/mol. The highest BCUT2D eigenvalue weighted by Gasteiger charge is 2.46. The average Bonchev–Trinajstić information content (AvgIpc) is 2.33. The highest BCUT2D eigenvalue weighted by Crippen LogP contribution is 2.39. The zero-order chi connectivity index (χ0) is 13.9. The Morgan fingerprint density at radius 1 is 1.47 bits per heavy atom. The van der Waals surface area contributed by atoms with E-state index in [0.29, 0.717) is 12.6 Å². The summed E-state index contributed by atoms with van der Waals surface area (Å²) in [4.78, 5) is 2.34. The van der Waals surface area contributed by atoms with Gasteiger partial charge in [0, 0.05) is 30.3 Å². The second-order valence-corrected chi connectivity index (χ2v) is 5.84. The van der Waals surface area contributed by atoms with Crippen LogP contribution in [-0.2, 0) is 11.3 Å². The van der Waals surface area contributed by atoms with E-state index < -0.39 is 0 Å². The number of benzene rings is 1. The van der Waals surface area contributed by atoms with Crippen LogP contribution < -0.4 is 5.73 Å². The molecule has 1 fully saturated rings. The minimum absolute atomic E-state index is 0.0855. The Morgan fingerprint density at radius 3 is 2.79 bits per heavy atom. The number of likely N-dealkylation sites (N-methyl/N-ethyl adjacent to an activating group) is 1. The lowest BCUT2D eigenvalue weighted by atomic mass is 9.73. The fourth-order valence-electron chi connectivity index (χ4n) is 2.85. The molecule has 0 atom stereocenters. The van der Waals surface area contributed by atoms with Crippen LogP contribution in [0.4, 0.5) is 0 Å². The van der Waals surface area contributed by atoms with Crippen LogP contribution in [-0.4, -0.2) is 36.7 Å². The lowest BCUT2D eigenvalue weighted by Crippen LogP contribution is -2.62. The third kappa shape index (κ3) is 3.29. The molecule has 1 aromatic carbocycles. The van der Waals surface area contributed by atoms with Crippen LogP contribution in [0.2, 0.25) is 5.02 Å². The molecule has 1 aliphatic rings. The van der Waals surface area contributed by atoms with Crippen LogP contribution in [0.3, 0.4) is 0 Å². The van der Waals surface area contributed by atoms with Gasteiger partial charge in [-0.1, -0.05) is 23.7 Å². The van der Waals surface area contributed by atoms with E-state index in [-0.39, 0.29) is 5.54 Å². The topological polar surface area (TPSA) is 38.5 Å². The first-order valence-electron chi connectivity index (χ1n) is 6.87. The second-order valence-electron chi connectivity index (χ2n) is 5.40. The van der Waals surface area contributed by atoms with Crippen molar-refractivity contribution in [3.05, 3.63) is 34.9 Å². The summed E-state index contributed by atoms with van der Waals surface area (Å²) in [6.45, 7) is 4.37. The molecule has 19 heavy (non-hydrogen) atoms. The number of halogens is 1. The monoisotopic (exact) mass is 282 g/mol. The minimum atomic E-state index is 0.0855. The first-order valence-corrected chi connectivity index (χ1v) is 7.25. The van der Waals surface area contributed by atoms with Crippen LogP contribution in [0.1, 0.15) is 25.3 Å². The van der Waals surface area contributed by atoms with Gasteiger partial charge < -0.3 is 10.5 Å². The predicted molar refractivity (Wildman–Crippen MR) is 79.4 cm³/mol. The van der Waals surface area contributed by atoms with E-state index in [4.69, 9.17) is 22.1 Å². The Bertz CT molecular complexity index is 418. The smallest absolute Gasteiger partial charge is 0.0611 e. The van der Waals surface area contributed by atoms with Crippen LogP contribution in [0.5, 0.6) is 0 Å². The number of nitrogens with zero attached hydrogens (tertiary/aromatic N) is 1. The summed E-state index contributed by atoms with van der Waals surface area (Å²) in [7, 11) is 2.13. The van der Waals surface area contributed by atoms with Crippen molar-refractivity contribution in [2.45, 2.75) is 38.0 Å². The molecule has 2 rings (SSSR count). The van der Waals surface area contributed by atoms with Crippen molar-refractivity contribution in [1.29, 1.82) is 0 Å². The zero-order valence-electron chi connectivity index (χ0n) is 11.7. The number of hydrogen-bond acceptors (Lipinski definition) is 3. The summed E-state index contributed by atoms with van der Waals surface area (Å²) >= 11 is 6.03. The number of ether oxygens (including phenoxy) is 1. The summed E-state index contributed by atoms with van der Waals surface area (Å²) in [6, 6.07) is 8.01. The average molecular weight is 283 g/mol. The predicted octanol–water partition coefficient (Wildman–Crippen LogP) is 2.67. The Balaban J connectivity index is 1.97. The summed E-state index contributed by atoms with van der Waals surface area (Å²) in [6.07, 6.45) is 2.42. The quantitative estimate of drug-likeness (QED) is 0.872. The van der Waals surface area contributed by atoms with Crippen molar-refractivity contribution in [2.75, 3.05) is 20.2 Å². The van der Waals surface area contributed by atoms with Gasteiger partial charge in [0.05, 0.1) is 6.10 Å². The maximum absolute atomic E-state index is 6.03. The van der Waals surface area contributed by atoms with Crippen molar-refractivity contribution in [1.82, 2.24) is 4.90 Å². The molecule has 0 saturated heterocycles. The van der Waals surface area contributed by atoms with Crippen molar-refractivity contribution >= 4 is 11.6 Å². The molecule has 0 spiro atoms. The summed E-state index contributed by atoms with van der Waals surface area (Å²) in [5.74, 6) is 0. The molecule has 0 unspecified atom stereocenters. The molecule has 0 aliphatic heterocycles. The standard InChI is InChI=1S/C15H23ClN2O/c1-3-19-14-8-15(9-14,11-17)18(2)10-12-5-4-6-13(16)7-12/h4-7,14H,3,8-11,17H2,1-2H3. The molecule has 106 valence electrons. The molecule has 1 aliphatic carbocycles. The largest absolute Gasteiger partial charge is 0.378 e. The van der Waals surface area contributed by atoms with Gasteiger partial charge in [0.2, 0.25) is 0 Å². The molecule has 4 heteroatoms. The Hall–Kier alpha value is -0.610. The van der Waals surface area contributed by atoms with E-state index in [9.17, 15) is 0 Å². The molecule has 3 nitrogen and oxygen atoms in total. The lowest BCUT2D eigenvalue weighted by Gasteiger charge is -2.52. The zero-order valence-corrected chi connectivity index (χ0v) is 12.5. The second kappa shape index (κ2) is 6.23. The van der Waals surface area contributed by atoms with Gasteiger partial charge in [-0.15, -0.1) is 0 Å². The number of rotatable bonds is 6. The lowest BCUT2D eigenvalue weighted by molar-refractivity contribution is -0.0947. The first-order chi connectivity index (χ1) is 9.09. The van der Waals surface area contributed by atoms with Crippen LogP contribution in [0, 0.1) is 0 Å². The molecule has 1 saturated carbocycles. The number of hydrogen-bond donors (Lipinski definition) is 1. The highest BCUT2D eigenvalue weighted by molar-refractivity contribution is 6.30. The van der Waals surface area contributed by atoms with Crippen molar-refractivity contribution in [3.8, 4) is 0 Å². The van der Waals surface area contributed by atoms with Gasteiger partial charge in [0.15, 0.2) is 0 Å². The molecule has 0 radical (unpaired) electrons. The fraction of sp³-hybridized carbons (Fsp3) is 0.600. The van der Waals surface area contributed by atoms with Gasteiger partial charge in [-0.25, -0.2) is 0 Å². The Kier molecular flexibility index (Phi) is 4.85. The van der Waals surface area contributed by atoms with Crippen molar-refractivity contribution in [2.24, 2.45) is 5.73 Å². The molecule has 1 aromatic rings. The normalized spacial score (nSPS) is 26.5. The molecule has 2 N–H and O–H groups in total. The molecule has 0 bridgehead atoms. The van der Waals surface area contributed by atoms with E-state index >= 15 is 0 Å². The van der Waals surface area contributed by atoms with Gasteiger partial charge in [0.1, 0.15) is 0 Å². The molecule has 0 aromatic heterocycles. The SMILES string of the molecule is CCOC1CC(CN)(N(C)Cc2cccc(Cl)c2)C1. The van der Waals surface area contributed by atoms with Gasteiger partial charge in [0.25, 0.3) is 0 Å². The van der Waals surface area contributed by atoms with E-state index in [1.165, 1.54) is 5.56 Å². The third-order valence-electron chi connectivity index (χ3n) is 4.12. The van der Waals surface area contributed by atoms with E-state index in [2.05, 4.69) is 18.0 Å². The Morgan fingerprint density at radius 2 is 2.21 bits per heavy atom. The fourth-order valence-corrected chi connectivity index (χ4v) is 3.07. The molecule has 0 heterocycles. The van der Waals surface area contributed by atoms with Gasteiger partial charge in [-0.3, -0.25) is 4.90 Å². The van der Waals surface area contributed by atoms with Gasteiger partial charge in [-0.05, 0) is 44.5 Å². The van der Waals surface area contributed by atoms with Gasteiger partial charge in [-0.2, -0.15) is 0 Å². The van der Waals surface area contributed by atoms with Crippen LogP contribution >= 0.6 is 11.6 Å². The first kappa shape index (κ1) is 14.8. The maximum atomic E-state index is 6.03. The molecular formula is C15H23ClN2O. The van der Waals surface area contributed by atoms with Gasteiger partial charge >= 0.3 is 0 Å². The molecule has 0 amide bonds. The third-order valence-corrected chi connectivity index (χ3v) is 4.35. The summed E-state index contributed by atoms with van der Waals surface area (Å²) in [5, 5.41) is 0.786. The minimum Gasteiger partial charge on any atom is -0.378 e. The summed E-state index contributed by atoms with van der Waals surface area (Å²) < 4.78 is 5.65. The number of nitrogens with two attached hydrogens (primary N) is 1. The van der Waals surface area contributed by atoms with E-state index in [1.807, 2.05) is 25.1 Å². The highest BCUT2D eigenvalue weighted by atomic mass is 35.5. The maximum Gasteiger partial charge on any atom is 0.0611 e. The van der Waals surface area contributed by atoms with Crippen molar-refractivity contribution in [3.63, 3.8) is 0 Å². The van der Waals surface area contributed by atoms with Crippen LogP contribution in [0.15, 0.2) is 24.3 Å². The van der Waals surface area contributed by atoms with E-state index in [1.54, 1.807) is 0 Å².